The zero-order valence-electron chi connectivity index (χ0n) is 17.5. The maximum absolute atomic E-state index is 12.8. The fourth-order valence-electron chi connectivity index (χ4n) is 3.73. The summed E-state index contributed by atoms with van der Waals surface area (Å²) in [6, 6.07) is 15.2. The summed E-state index contributed by atoms with van der Waals surface area (Å²) < 4.78 is 7.49. The van der Waals surface area contributed by atoms with Crippen molar-refractivity contribution in [1.82, 2.24) is 19.7 Å². The number of benzene rings is 2. The van der Waals surface area contributed by atoms with Gasteiger partial charge in [-0.05, 0) is 49.2 Å². The first-order chi connectivity index (χ1) is 15.2. The molecule has 0 unspecified atom stereocenters. The molecule has 0 aliphatic carbocycles. The Morgan fingerprint density at radius 2 is 1.74 bits per heavy atom. The van der Waals surface area contributed by atoms with E-state index in [1.165, 1.54) is 24.6 Å². The number of hydrogen-bond donors (Lipinski definition) is 0. The number of rotatable bonds is 6. The number of amides is 1. The van der Waals surface area contributed by atoms with Gasteiger partial charge in [-0.25, -0.2) is 0 Å². The van der Waals surface area contributed by atoms with Crippen LogP contribution in [0.15, 0.2) is 53.7 Å². The van der Waals surface area contributed by atoms with Gasteiger partial charge in [0.05, 0.1) is 18.4 Å². The lowest BCUT2D eigenvalue weighted by Crippen LogP contribution is -2.33. The summed E-state index contributed by atoms with van der Waals surface area (Å²) in [5.74, 6) is 1.85. The predicted octanol–water partition coefficient (Wildman–Crippen LogP) is 5.09. The van der Waals surface area contributed by atoms with Gasteiger partial charge in [0.15, 0.2) is 11.0 Å². The first-order valence-corrected chi connectivity index (χ1v) is 11.8. The molecule has 0 saturated carbocycles. The number of ether oxygens (including phenoxy) is 1. The zero-order chi connectivity index (χ0) is 21.6. The monoisotopic (exact) mass is 456 g/mol. The highest BCUT2D eigenvalue weighted by molar-refractivity contribution is 7.99. The van der Waals surface area contributed by atoms with E-state index in [1.807, 2.05) is 58.0 Å². The summed E-state index contributed by atoms with van der Waals surface area (Å²) >= 11 is 7.51. The molecule has 2 aromatic carbocycles. The summed E-state index contributed by atoms with van der Waals surface area (Å²) in [7, 11) is 1.64. The molecule has 31 heavy (non-hydrogen) atoms. The van der Waals surface area contributed by atoms with Crippen molar-refractivity contribution >= 4 is 29.3 Å². The molecule has 0 N–H and O–H groups in total. The first-order valence-electron chi connectivity index (χ1n) is 10.4. The molecule has 1 aliphatic heterocycles. The van der Waals surface area contributed by atoms with E-state index in [0.29, 0.717) is 27.5 Å². The van der Waals surface area contributed by atoms with Crippen LogP contribution >= 0.6 is 23.4 Å². The second-order valence-corrected chi connectivity index (χ2v) is 8.78. The molecule has 1 aromatic heterocycles. The van der Waals surface area contributed by atoms with Crippen LogP contribution < -0.4 is 4.74 Å². The lowest BCUT2D eigenvalue weighted by molar-refractivity contribution is -0.128. The third kappa shape index (κ3) is 5.05. The number of nitrogens with zero attached hydrogens (tertiary/aromatic N) is 4. The van der Waals surface area contributed by atoms with Crippen LogP contribution in [0.25, 0.3) is 17.1 Å². The van der Waals surface area contributed by atoms with E-state index in [2.05, 4.69) is 10.2 Å². The van der Waals surface area contributed by atoms with Crippen LogP contribution in [0.2, 0.25) is 5.02 Å². The normalized spacial score (nSPS) is 14.3. The Kier molecular flexibility index (Phi) is 7.14. The van der Waals surface area contributed by atoms with Gasteiger partial charge in [0.1, 0.15) is 5.75 Å². The number of para-hydroxylation sites is 1. The van der Waals surface area contributed by atoms with Gasteiger partial charge in [-0.2, -0.15) is 0 Å². The number of aromatic nitrogens is 3. The minimum atomic E-state index is 0.149. The van der Waals surface area contributed by atoms with Crippen LogP contribution in [-0.4, -0.2) is 51.5 Å². The van der Waals surface area contributed by atoms with Crippen LogP contribution in [0.5, 0.6) is 5.75 Å². The maximum atomic E-state index is 12.8. The molecule has 0 spiro atoms. The molecule has 162 valence electrons. The largest absolute Gasteiger partial charge is 0.496 e. The Hall–Kier alpha value is -2.51. The van der Waals surface area contributed by atoms with Gasteiger partial charge in [-0.1, -0.05) is 48.3 Å². The van der Waals surface area contributed by atoms with E-state index in [-0.39, 0.29) is 5.91 Å². The second-order valence-electron chi connectivity index (χ2n) is 7.40. The number of halogens is 1. The van der Waals surface area contributed by atoms with E-state index in [0.717, 1.165) is 37.2 Å². The van der Waals surface area contributed by atoms with Crippen molar-refractivity contribution in [3.05, 3.63) is 53.6 Å². The molecule has 8 heteroatoms. The third-order valence-corrected chi connectivity index (χ3v) is 6.52. The Morgan fingerprint density at radius 3 is 2.45 bits per heavy atom. The molecule has 1 amide bonds. The average molecular weight is 457 g/mol. The van der Waals surface area contributed by atoms with Crippen molar-refractivity contribution in [2.75, 3.05) is 26.0 Å². The number of hydrogen-bond acceptors (Lipinski definition) is 5. The SMILES string of the molecule is COc1ccccc1-c1nnc(SCC(=O)N2CCCCCC2)n1-c1ccc(Cl)cc1. The van der Waals surface area contributed by atoms with E-state index in [4.69, 9.17) is 16.3 Å². The Labute approximate surface area is 191 Å². The zero-order valence-corrected chi connectivity index (χ0v) is 19.0. The van der Waals surface area contributed by atoms with Crippen LogP contribution in [-0.2, 0) is 4.79 Å². The topological polar surface area (TPSA) is 60.3 Å². The Balaban J connectivity index is 1.65. The fraction of sp³-hybridized carbons (Fsp3) is 0.348. The summed E-state index contributed by atoms with van der Waals surface area (Å²) in [6.45, 7) is 1.69. The quantitative estimate of drug-likeness (QED) is 0.483. The highest BCUT2D eigenvalue weighted by atomic mass is 35.5. The lowest BCUT2D eigenvalue weighted by atomic mass is 10.2. The minimum Gasteiger partial charge on any atom is -0.496 e. The van der Waals surface area contributed by atoms with Crippen LogP contribution in [0.4, 0.5) is 0 Å². The van der Waals surface area contributed by atoms with Crippen LogP contribution in [0.1, 0.15) is 25.7 Å². The third-order valence-electron chi connectivity index (χ3n) is 5.35. The van der Waals surface area contributed by atoms with Gasteiger partial charge in [-0.3, -0.25) is 9.36 Å². The highest BCUT2D eigenvalue weighted by Crippen LogP contribution is 2.33. The molecular weight excluding hydrogens is 432 g/mol. The van der Waals surface area contributed by atoms with Gasteiger partial charge in [0.25, 0.3) is 0 Å². The Bertz CT molecular complexity index is 1030. The average Bonchev–Trinajstić information content (AvgIpc) is 3.02. The summed E-state index contributed by atoms with van der Waals surface area (Å²) in [5.41, 5.74) is 1.71. The van der Waals surface area contributed by atoms with Crippen molar-refractivity contribution in [3.63, 3.8) is 0 Å². The molecule has 0 bridgehead atoms. The van der Waals surface area contributed by atoms with Gasteiger partial charge in [0.2, 0.25) is 5.91 Å². The van der Waals surface area contributed by atoms with E-state index in [1.54, 1.807) is 7.11 Å². The number of methoxy groups -OCH3 is 1. The van der Waals surface area contributed by atoms with E-state index < -0.39 is 0 Å². The standard InChI is InChI=1S/C23H25ClN4O2S/c1-30-20-9-5-4-8-19(20)22-25-26-23(28(22)18-12-10-17(24)11-13-18)31-16-21(29)27-14-6-2-3-7-15-27/h4-5,8-13H,2-3,6-7,14-16H2,1H3. The summed E-state index contributed by atoms with van der Waals surface area (Å²) in [5, 5.41) is 10.2. The molecule has 1 saturated heterocycles. The van der Waals surface area contributed by atoms with Crippen molar-refractivity contribution < 1.29 is 9.53 Å². The molecule has 1 fully saturated rings. The number of likely N-dealkylation sites (tertiary alicyclic amines) is 1. The molecule has 1 aliphatic rings. The van der Waals surface area contributed by atoms with Crippen LogP contribution in [0, 0.1) is 0 Å². The fourth-order valence-corrected chi connectivity index (χ4v) is 4.71. The summed E-state index contributed by atoms with van der Waals surface area (Å²) in [6.07, 6.45) is 4.55. The number of thioether (sulfide) groups is 1. The summed E-state index contributed by atoms with van der Waals surface area (Å²) in [4.78, 5) is 14.8. The second kappa shape index (κ2) is 10.2. The van der Waals surface area contributed by atoms with Crippen LogP contribution in [0.3, 0.4) is 0 Å². The van der Waals surface area contributed by atoms with Gasteiger partial charge >= 0.3 is 0 Å². The van der Waals surface area contributed by atoms with Gasteiger partial charge < -0.3 is 9.64 Å². The molecule has 4 rings (SSSR count). The van der Waals surface area contributed by atoms with Crippen molar-refractivity contribution in [3.8, 4) is 22.8 Å². The first kappa shape index (κ1) is 21.7. The number of carbonyl (C=O) groups is 1. The molecular formula is C23H25ClN4O2S. The van der Waals surface area contributed by atoms with E-state index in [9.17, 15) is 4.79 Å². The van der Waals surface area contributed by atoms with Crippen molar-refractivity contribution in [2.45, 2.75) is 30.8 Å². The molecule has 6 nitrogen and oxygen atoms in total. The van der Waals surface area contributed by atoms with Gasteiger partial charge in [-0.15, -0.1) is 10.2 Å². The minimum absolute atomic E-state index is 0.149. The predicted molar refractivity (Wildman–Crippen MR) is 124 cm³/mol. The lowest BCUT2D eigenvalue weighted by Gasteiger charge is -2.20. The highest BCUT2D eigenvalue weighted by Gasteiger charge is 2.21. The van der Waals surface area contributed by atoms with Gasteiger partial charge in [0, 0.05) is 23.8 Å². The Morgan fingerprint density at radius 1 is 1.03 bits per heavy atom. The molecule has 3 aromatic rings. The maximum Gasteiger partial charge on any atom is 0.233 e. The van der Waals surface area contributed by atoms with Crippen molar-refractivity contribution in [1.29, 1.82) is 0 Å². The molecule has 2 heterocycles. The number of carbonyl (C=O) groups excluding carboxylic acids is 1. The molecule has 0 radical (unpaired) electrons. The van der Waals surface area contributed by atoms with Crippen molar-refractivity contribution in [2.24, 2.45) is 0 Å². The smallest absolute Gasteiger partial charge is 0.233 e. The molecule has 0 atom stereocenters. The van der Waals surface area contributed by atoms with E-state index >= 15 is 0 Å².